The van der Waals surface area contributed by atoms with Crippen molar-refractivity contribution in [3.05, 3.63) is 83.6 Å². The largest absolute Gasteiger partial charge is 0.366 e. The van der Waals surface area contributed by atoms with Crippen molar-refractivity contribution in [1.82, 2.24) is 9.97 Å². The lowest BCUT2D eigenvalue weighted by atomic mass is 10.2. The topological polar surface area (TPSA) is 66.9 Å². The zero-order valence-electron chi connectivity index (χ0n) is 13.7. The summed E-state index contributed by atoms with van der Waals surface area (Å²) in [6.07, 6.45) is 0. The molecule has 0 saturated carbocycles. The van der Waals surface area contributed by atoms with Crippen molar-refractivity contribution in [3.63, 3.8) is 0 Å². The van der Waals surface area contributed by atoms with E-state index in [9.17, 15) is 9.18 Å². The van der Waals surface area contributed by atoms with Crippen LogP contribution < -0.4 is 10.6 Å². The van der Waals surface area contributed by atoms with E-state index in [4.69, 9.17) is 0 Å². The van der Waals surface area contributed by atoms with Gasteiger partial charge in [0.1, 0.15) is 23.2 Å². The van der Waals surface area contributed by atoms with Gasteiger partial charge in [0, 0.05) is 18.3 Å². The van der Waals surface area contributed by atoms with Gasteiger partial charge < -0.3 is 10.6 Å². The van der Waals surface area contributed by atoms with Crippen molar-refractivity contribution < 1.29 is 9.18 Å². The second-order valence-electron chi connectivity index (χ2n) is 5.49. The number of carbonyl (C=O) groups is 1. The van der Waals surface area contributed by atoms with E-state index in [0.717, 1.165) is 5.56 Å². The van der Waals surface area contributed by atoms with Crippen LogP contribution in [-0.4, -0.2) is 15.9 Å². The summed E-state index contributed by atoms with van der Waals surface area (Å²) < 4.78 is 12.9. The molecule has 1 amide bonds. The van der Waals surface area contributed by atoms with Crippen molar-refractivity contribution in [1.29, 1.82) is 0 Å². The number of nitrogens with zero attached hydrogens (tertiary/aromatic N) is 2. The average Bonchev–Trinajstić information content (AvgIpc) is 2.62. The molecule has 0 spiro atoms. The summed E-state index contributed by atoms with van der Waals surface area (Å²) in [5.74, 6) is 0.325. The number of rotatable bonds is 5. The van der Waals surface area contributed by atoms with Crippen LogP contribution in [0.5, 0.6) is 0 Å². The predicted molar refractivity (Wildman–Crippen MR) is 94.9 cm³/mol. The van der Waals surface area contributed by atoms with Gasteiger partial charge in [-0.15, -0.1) is 0 Å². The molecule has 0 unspecified atom stereocenters. The van der Waals surface area contributed by atoms with Crippen LogP contribution in [0.4, 0.5) is 15.9 Å². The van der Waals surface area contributed by atoms with Gasteiger partial charge in [-0.2, -0.15) is 0 Å². The maximum absolute atomic E-state index is 12.9. The first-order chi connectivity index (χ1) is 12.1. The first kappa shape index (κ1) is 16.6. The standard InChI is InChI=1S/C19H17FN4O/c1-13-22-17(19(25)24-16-9-7-15(20)8-10-16)11-18(23-13)21-12-14-5-3-2-4-6-14/h2-11H,12H2,1H3,(H,24,25)(H,21,22,23). The number of benzene rings is 2. The fourth-order valence-corrected chi connectivity index (χ4v) is 2.29. The highest BCUT2D eigenvalue weighted by atomic mass is 19.1. The number of aryl methyl sites for hydroxylation is 1. The molecular weight excluding hydrogens is 319 g/mol. The van der Waals surface area contributed by atoms with Crippen LogP contribution in [-0.2, 0) is 6.54 Å². The first-order valence-electron chi connectivity index (χ1n) is 7.80. The Labute approximate surface area is 145 Å². The third-order valence-electron chi connectivity index (χ3n) is 3.49. The van der Waals surface area contributed by atoms with E-state index in [1.54, 1.807) is 13.0 Å². The Morgan fingerprint density at radius 1 is 1.04 bits per heavy atom. The molecule has 0 fully saturated rings. The lowest BCUT2D eigenvalue weighted by Crippen LogP contribution is -2.15. The predicted octanol–water partition coefficient (Wildman–Crippen LogP) is 3.79. The molecule has 2 aromatic carbocycles. The smallest absolute Gasteiger partial charge is 0.274 e. The molecule has 126 valence electrons. The monoisotopic (exact) mass is 336 g/mol. The fraction of sp³-hybridized carbons (Fsp3) is 0.105. The molecule has 0 aliphatic carbocycles. The molecule has 6 heteroatoms. The Morgan fingerprint density at radius 2 is 1.76 bits per heavy atom. The number of hydrogen-bond acceptors (Lipinski definition) is 4. The molecule has 0 bridgehead atoms. The molecule has 0 aliphatic heterocycles. The van der Waals surface area contributed by atoms with Crippen molar-refractivity contribution in [2.75, 3.05) is 10.6 Å². The maximum atomic E-state index is 12.9. The molecule has 0 saturated heterocycles. The zero-order valence-corrected chi connectivity index (χ0v) is 13.7. The second-order valence-corrected chi connectivity index (χ2v) is 5.49. The molecule has 2 N–H and O–H groups in total. The van der Waals surface area contributed by atoms with Crippen LogP contribution in [0.25, 0.3) is 0 Å². The van der Waals surface area contributed by atoms with Crippen molar-refractivity contribution in [3.8, 4) is 0 Å². The van der Waals surface area contributed by atoms with Gasteiger partial charge in [0.15, 0.2) is 0 Å². The van der Waals surface area contributed by atoms with E-state index >= 15 is 0 Å². The van der Waals surface area contributed by atoms with E-state index in [-0.39, 0.29) is 17.4 Å². The molecule has 3 aromatic rings. The number of anilines is 2. The van der Waals surface area contributed by atoms with Gasteiger partial charge in [0.2, 0.25) is 0 Å². The third-order valence-corrected chi connectivity index (χ3v) is 3.49. The number of halogens is 1. The van der Waals surface area contributed by atoms with Crippen LogP contribution in [0.1, 0.15) is 21.9 Å². The van der Waals surface area contributed by atoms with E-state index in [1.165, 1.54) is 24.3 Å². The summed E-state index contributed by atoms with van der Waals surface area (Å²) in [6.45, 7) is 2.32. The normalized spacial score (nSPS) is 10.3. The molecule has 5 nitrogen and oxygen atoms in total. The van der Waals surface area contributed by atoms with E-state index in [2.05, 4.69) is 20.6 Å². The van der Waals surface area contributed by atoms with Crippen molar-refractivity contribution in [2.24, 2.45) is 0 Å². The molecular formula is C19H17FN4O. The highest BCUT2D eigenvalue weighted by Gasteiger charge is 2.11. The Morgan fingerprint density at radius 3 is 2.48 bits per heavy atom. The molecule has 3 rings (SSSR count). The Kier molecular flexibility index (Phi) is 4.99. The Hall–Kier alpha value is -3.28. The minimum Gasteiger partial charge on any atom is -0.366 e. The summed E-state index contributed by atoms with van der Waals surface area (Å²) in [5, 5.41) is 5.88. The molecule has 0 radical (unpaired) electrons. The van der Waals surface area contributed by atoms with Crippen LogP contribution in [0.3, 0.4) is 0 Å². The van der Waals surface area contributed by atoms with Gasteiger partial charge in [0.25, 0.3) is 5.91 Å². The number of nitrogens with one attached hydrogen (secondary N) is 2. The fourth-order valence-electron chi connectivity index (χ4n) is 2.29. The van der Waals surface area contributed by atoms with Crippen molar-refractivity contribution >= 4 is 17.4 Å². The Balaban J connectivity index is 1.72. The minimum atomic E-state index is -0.375. The number of aromatic nitrogens is 2. The van der Waals surface area contributed by atoms with Gasteiger partial charge in [-0.3, -0.25) is 4.79 Å². The van der Waals surface area contributed by atoms with Gasteiger partial charge in [-0.1, -0.05) is 30.3 Å². The lowest BCUT2D eigenvalue weighted by Gasteiger charge is -2.09. The third kappa shape index (κ3) is 4.60. The molecule has 1 heterocycles. The van der Waals surface area contributed by atoms with Crippen LogP contribution in [0, 0.1) is 12.7 Å². The number of hydrogen-bond donors (Lipinski definition) is 2. The van der Waals surface area contributed by atoms with E-state index in [1.807, 2.05) is 30.3 Å². The molecule has 25 heavy (non-hydrogen) atoms. The van der Waals surface area contributed by atoms with E-state index in [0.29, 0.717) is 23.9 Å². The maximum Gasteiger partial charge on any atom is 0.274 e. The summed E-state index contributed by atoms with van der Waals surface area (Å²) in [4.78, 5) is 20.8. The summed E-state index contributed by atoms with van der Waals surface area (Å²) in [5.41, 5.74) is 1.85. The highest BCUT2D eigenvalue weighted by molar-refractivity contribution is 6.03. The summed E-state index contributed by atoms with van der Waals surface area (Å²) >= 11 is 0. The van der Waals surface area contributed by atoms with Crippen LogP contribution in [0.15, 0.2) is 60.7 Å². The molecule has 0 atom stereocenters. The van der Waals surface area contributed by atoms with E-state index < -0.39 is 0 Å². The van der Waals surface area contributed by atoms with Crippen molar-refractivity contribution in [2.45, 2.75) is 13.5 Å². The molecule has 1 aromatic heterocycles. The van der Waals surface area contributed by atoms with Gasteiger partial charge >= 0.3 is 0 Å². The lowest BCUT2D eigenvalue weighted by molar-refractivity contribution is 0.102. The second kappa shape index (κ2) is 7.53. The van der Waals surface area contributed by atoms with Crippen LogP contribution in [0.2, 0.25) is 0 Å². The number of amides is 1. The number of carbonyl (C=O) groups excluding carboxylic acids is 1. The summed E-state index contributed by atoms with van der Waals surface area (Å²) in [7, 11) is 0. The van der Waals surface area contributed by atoms with Gasteiger partial charge in [0.05, 0.1) is 0 Å². The quantitative estimate of drug-likeness (QED) is 0.744. The van der Waals surface area contributed by atoms with Gasteiger partial charge in [-0.05, 0) is 36.8 Å². The van der Waals surface area contributed by atoms with Crippen LogP contribution >= 0.6 is 0 Å². The minimum absolute atomic E-state index is 0.243. The SMILES string of the molecule is Cc1nc(NCc2ccccc2)cc(C(=O)Nc2ccc(F)cc2)n1. The highest BCUT2D eigenvalue weighted by Crippen LogP contribution is 2.13. The Bertz CT molecular complexity index is 866. The first-order valence-corrected chi connectivity index (χ1v) is 7.80. The zero-order chi connectivity index (χ0) is 17.6. The van der Waals surface area contributed by atoms with Gasteiger partial charge in [-0.25, -0.2) is 14.4 Å². The molecule has 0 aliphatic rings. The average molecular weight is 336 g/mol. The summed E-state index contributed by atoms with van der Waals surface area (Å²) in [6, 6.07) is 17.0.